The summed E-state index contributed by atoms with van der Waals surface area (Å²) in [5.74, 6) is -2.67. The number of aromatic nitrogens is 1. The Morgan fingerprint density at radius 1 is 1.44 bits per heavy atom. The smallest absolute Gasteiger partial charge is 0.261 e. The minimum atomic E-state index is -1.41. The molecule has 130 valence electrons. The second kappa shape index (κ2) is 5.60. The van der Waals surface area contributed by atoms with Crippen molar-refractivity contribution >= 4 is 34.7 Å². The Morgan fingerprint density at radius 3 is 2.80 bits per heavy atom. The van der Waals surface area contributed by atoms with Crippen LogP contribution in [0.4, 0.5) is 0 Å². The number of carbonyl (C=O) groups excluding carboxylic acids is 2. The van der Waals surface area contributed by atoms with Gasteiger partial charge < -0.3 is 24.3 Å². The maximum Gasteiger partial charge on any atom is 0.261 e. The molecule has 25 heavy (non-hydrogen) atoms. The molecule has 1 aromatic heterocycles. The first kappa shape index (κ1) is 16.2. The monoisotopic (exact) mass is 359 g/mol. The van der Waals surface area contributed by atoms with Crippen LogP contribution in [0, 0.1) is 11.8 Å². The Morgan fingerprint density at radius 2 is 2.16 bits per heavy atom. The van der Waals surface area contributed by atoms with Crippen LogP contribution in [0.5, 0.6) is 0 Å². The highest BCUT2D eigenvalue weighted by Gasteiger charge is 2.58. The molecular weight excluding hydrogens is 344 g/mol. The molecule has 0 radical (unpaired) electrons. The van der Waals surface area contributed by atoms with E-state index >= 15 is 0 Å². The molecule has 1 aromatic carbocycles. The number of carbonyl (C=O) groups is 2. The number of thioether (sulfide) groups is 1. The molecule has 1 N–H and O–H groups in total. The number of amides is 1. The fourth-order valence-corrected chi connectivity index (χ4v) is 4.70. The van der Waals surface area contributed by atoms with Gasteiger partial charge in [-0.25, -0.2) is 4.98 Å². The van der Waals surface area contributed by atoms with Gasteiger partial charge >= 0.3 is 0 Å². The maximum atomic E-state index is 12.3. The van der Waals surface area contributed by atoms with Gasteiger partial charge in [-0.2, -0.15) is 0 Å². The first-order chi connectivity index (χ1) is 11.9. The molecule has 0 spiro atoms. The minimum absolute atomic E-state index is 0.147. The van der Waals surface area contributed by atoms with Crippen molar-refractivity contribution in [1.29, 1.82) is 0 Å². The van der Waals surface area contributed by atoms with E-state index in [2.05, 4.69) is 4.98 Å². The van der Waals surface area contributed by atoms with Crippen LogP contribution >= 0.6 is 11.8 Å². The number of nitrogens with zero attached hydrogens (tertiary/aromatic N) is 2. The number of aliphatic hydroxyl groups excluding tert-OH is 1. The molecule has 2 aromatic rings. The summed E-state index contributed by atoms with van der Waals surface area (Å²) >= 11 is 1.09. The fourth-order valence-electron chi connectivity index (χ4n) is 3.64. The highest BCUT2D eigenvalue weighted by atomic mass is 32.2. The number of aliphatic carboxylic acids is 1. The number of aliphatic hydroxyl groups is 1. The number of carboxylic acids is 1. The van der Waals surface area contributed by atoms with Crippen LogP contribution in [-0.2, 0) is 9.59 Å². The summed E-state index contributed by atoms with van der Waals surface area (Å²) in [5, 5.41) is 21.8. The third-order valence-corrected chi connectivity index (χ3v) is 5.91. The Labute approximate surface area is 147 Å². The molecule has 8 heteroatoms. The summed E-state index contributed by atoms with van der Waals surface area (Å²) in [4.78, 5) is 30.0. The number of hydrogen-bond donors (Lipinski definition) is 1. The Balaban J connectivity index is 1.72. The lowest BCUT2D eigenvalue weighted by Crippen LogP contribution is -2.64. The van der Waals surface area contributed by atoms with E-state index < -0.39 is 18.0 Å². The molecule has 0 unspecified atom stereocenters. The Kier molecular flexibility index (Phi) is 3.62. The van der Waals surface area contributed by atoms with Gasteiger partial charge in [0, 0.05) is 10.8 Å². The van der Waals surface area contributed by atoms with Gasteiger partial charge in [-0.05, 0) is 30.8 Å². The lowest BCUT2D eigenvalue weighted by molar-refractivity contribution is -0.301. The topological polar surface area (TPSA) is 107 Å². The lowest BCUT2D eigenvalue weighted by atomic mass is 9.79. The molecule has 1 saturated heterocycles. The largest absolute Gasteiger partial charge is 0.543 e. The number of para-hydroxylation sites is 2. The van der Waals surface area contributed by atoms with Crippen molar-refractivity contribution in [2.75, 3.05) is 0 Å². The number of β-lactam (4-membered cyclic amide) rings is 1. The van der Waals surface area contributed by atoms with Crippen LogP contribution in [0.1, 0.15) is 13.8 Å². The summed E-state index contributed by atoms with van der Waals surface area (Å²) in [6.07, 6.45) is -0.840. The van der Waals surface area contributed by atoms with Crippen molar-refractivity contribution in [3.8, 4) is 0 Å². The highest BCUT2D eigenvalue weighted by molar-refractivity contribution is 8.03. The van der Waals surface area contributed by atoms with Crippen molar-refractivity contribution in [1.82, 2.24) is 9.88 Å². The Hall–Kier alpha value is -2.32. The van der Waals surface area contributed by atoms with E-state index in [-0.39, 0.29) is 23.6 Å². The average Bonchev–Trinajstić information content (AvgIpc) is 3.05. The zero-order valence-electron chi connectivity index (χ0n) is 13.5. The van der Waals surface area contributed by atoms with Gasteiger partial charge in [-0.15, -0.1) is 0 Å². The van der Waals surface area contributed by atoms with Crippen LogP contribution in [0.15, 0.2) is 44.5 Å². The van der Waals surface area contributed by atoms with E-state index in [9.17, 15) is 19.8 Å². The van der Waals surface area contributed by atoms with E-state index in [0.717, 1.165) is 11.8 Å². The van der Waals surface area contributed by atoms with Gasteiger partial charge in [0.15, 0.2) is 5.58 Å². The van der Waals surface area contributed by atoms with Crippen molar-refractivity contribution in [3.63, 3.8) is 0 Å². The number of oxazole rings is 1. The third-order valence-electron chi connectivity index (χ3n) is 4.77. The van der Waals surface area contributed by atoms with Gasteiger partial charge in [-0.1, -0.05) is 19.1 Å². The molecule has 2 aliphatic rings. The average molecular weight is 359 g/mol. The summed E-state index contributed by atoms with van der Waals surface area (Å²) in [7, 11) is 0. The predicted molar refractivity (Wildman–Crippen MR) is 86.9 cm³/mol. The van der Waals surface area contributed by atoms with E-state index in [4.69, 9.17) is 4.42 Å². The van der Waals surface area contributed by atoms with Crippen LogP contribution in [0.2, 0.25) is 0 Å². The quantitative estimate of drug-likeness (QED) is 0.802. The van der Waals surface area contributed by atoms with Crippen molar-refractivity contribution in [3.05, 3.63) is 34.9 Å². The van der Waals surface area contributed by atoms with Gasteiger partial charge in [0.2, 0.25) is 5.91 Å². The SMILES string of the molecule is C[C@@H](O)[C@H]1C(=O)N2C(C(=O)[O-])=C(Sc3nc4ccccc4o3)[C@H](C)[C@H]12. The lowest BCUT2D eigenvalue weighted by Gasteiger charge is -2.47. The van der Waals surface area contributed by atoms with Crippen molar-refractivity contribution in [2.45, 2.75) is 31.2 Å². The normalized spacial score (nSPS) is 26.8. The molecule has 0 aliphatic carbocycles. The first-order valence-corrected chi connectivity index (χ1v) is 8.72. The third kappa shape index (κ3) is 2.28. The molecule has 7 nitrogen and oxygen atoms in total. The molecule has 1 fully saturated rings. The number of benzene rings is 1. The minimum Gasteiger partial charge on any atom is -0.543 e. The maximum absolute atomic E-state index is 12.3. The van der Waals surface area contributed by atoms with Gasteiger partial charge in [0.25, 0.3) is 5.22 Å². The first-order valence-electron chi connectivity index (χ1n) is 7.90. The van der Waals surface area contributed by atoms with Gasteiger partial charge in [-0.3, -0.25) is 4.79 Å². The van der Waals surface area contributed by atoms with Crippen molar-refractivity contribution in [2.24, 2.45) is 11.8 Å². The zero-order valence-corrected chi connectivity index (χ0v) is 14.3. The van der Waals surface area contributed by atoms with Crippen molar-refractivity contribution < 1.29 is 24.2 Å². The molecule has 0 saturated carbocycles. The zero-order chi connectivity index (χ0) is 17.9. The van der Waals surface area contributed by atoms with Crippen LogP contribution in [0.25, 0.3) is 11.1 Å². The number of hydrogen-bond acceptors (Lipinski definition) is 7. The molecule has 4 atom stereocenters. The van der Waals surface area contributed by atoms with Crippen LogP contribution in [0.3, 0.4) is 0 Å². The van der Waals surface area contributed by atoms with E-state index in [0.29, 0.717) is 21.2 Å². The van der Waals surface area contributed by atoms with E-state index in [1.54, 1.807) is 12.1 Å². The molecular formula is C17H15N2O5S-. The van der Waals surface area contributed by atoms with E-state index in [1.807, 2.05) is 19.1 Å². The van der Waals surface area contributed by atoms with E-state index in [1.165, 1.54) is 11.8 Å². The molecule has 2 aliphatic heterocycles. The number of rotatable bonds is 4. The summed E-state index contributed by atoms with van der Waals surface area (Å²) < 4.78 is 5.65. The standard InChI is InChI=1S/C17H16N2O5S/c1-7-12-11(8(2)20)15(21)19(12)13(16(22)23)14(7)25-17-18-9-5-3-4-6-10(9)24-17/h3-8,11-12,20H,1-2H3,(H,22,23)/p-1/t7-,8-,11-,12-/m1/s1. The summed E-state index contributed by atoms with van der Waals surface area (Å²) in [5.41, 5.74) is 1.13. The van der Waals surface area contributed by atoms with Gasteiger partial charge in [0.1, 0.15) is 5.52 Å². The number of fused-ring (bicyclic) bond motifs is 2. The molecule has 0 bridgehead atoms. The predicted octanol–water partition coefficient (Wildman–Crippen LogP) is 0.739. The summed E-state index contributed by atoms with van der Waals surface area (Å²) in [6.45, 7) is 3.37. The molecule has 4 rings (SSSR count). The van der Waals surface area contributed by atoms with Crippen LogP contribution < -0.4 is 5.11 Å². The molecule has 3 heterocycles. The number of carboxylic acid groups (broad SMARTS) is 1. The second-order valence-electron chi connectivity index (χ2n) is 6.30. The Bertz CT molecular complexity index is 886. The van der Waals surface area contributed by atoms with Crippen LogP contribution in [-0.4, -0.2) is 39.0 Å². The molecule has 1 amide bonds. The second-order valence-corrected chi connectivity index (χ2v) is 7.30. The highest BCUT2D eigenvalue weighted by Crippen LogP contribution is 2.51. The fraction of sp³-hybridized carbons (Fsp3) is 0.353. The van der Waals surface area contributed by atoms with Gasteiger partial charge in [0.05, 0.1) is 29.7 Å². The summed E-state index contributed by atoms with van der Waals surface area (Å²) in [6, 6.07) is 6.85.